The van der Waals surface area contributed by atoms with Crippen LogP contribution in [0.1, 0.15) is 56.5 Å². The Labute approximate surface area is 172 Å². The van der Waals surface area contributed by atoms with Crippen molar-refractivity contribution in [3.8, 4) is 5.75 Å². The van der Waals surface area contributed by atoms with Crippen LogP contribution in [0.15, 0.2) is 48.5 Å². The smallest absolute Gasteiger partial charge is 0.251 e. The first-order chi connectivity index (χ1) is 13.7. The van der Waals surface area contributed by atoms with Crippen LogP contribution < -0.4 is 15.4 Å². The van der Waals surface area contributed by atoms with Crippen LogP contribution in [0.25, 0.3) is 0 Å². The number of rotatable bonds is 7. The third-order valence-electron chi connectivity index (χ3n) is 4.96. The maximum absolute atomic E-state index is 12.4. The first-order valence-electron chi connectivity index (χ1n) is 10.2. The molecule has 1 fully saturated rings. The zero-order valence-corrected chi connectivity index (χ0v) is 17.6. The fourth-order valence-electron chi connectivity index (χ4n) is 2.92. The summed E-state index contributed by atoms with van der Waals surface area (Å²) in [5, 5.41) is 5.81. The minimum Gasteiger partial charge on any atom is -0.491 e. The summed E-state index contributed by atoms with van der Waals surface area (Å²) >= 11 is 0. The van der Waals surface area contributed by atoms with Crippen LogP contribution in [0.2, 0.25) is 0 Å². The number of ether oxygens (including phenoxy) is 1. The van der Waals surface area contributed by atoms with Gasteiger partial charge in [0, 0.05) is 17.2 Å². The van der Waals surface area contributed by atoms with E-state index in [1.807, 2.05) is 19.1 Å². The van der Waals surface area contributed by atoms with Crippen molar-refractivity contribution in [1.29, 1.82) is 0 Å². The van der Waals surface area contributed by atoms with Gasteiger partial charge in [0.1, 0.15) is 12.4 Å². The molecule has 29 heavy (non-hydrogen) atoms. The lowest BCUT2D eigenvalue weighted by Gasteiger charge is -2.20. The molecule has 3 rings (SSSR count). The molecule has 1 atom stereocenters. The first-order valence-corrected chi connectivity index (χ1v) is 10.2. The maximum atomic E-state index is 12.4. The summed E-state index contributed by atoms with van der Waals surface area (Å²) in [7, 11) is 0. The number of benzene rings is 2. The van der Waals surface area contributed by atoms with Crippen LogP contribution in [0.3, 0.4) is 0 Å². The number of nitrogens with one attached hydrogen (secondary N) is 2. The van der Waals surface area contributed by atoms with Crippen LogP contribution >= 0.6 is 0 Å². The van der Waals surface area contributed by atoms with Crippen LogP contribution in [0.4, 0.5) is 5.69 Å². The highest BCUT2D eigenvalue weighted by molar-refractivity contribution is 5.96. The van der Waals surface area contributed by atoms with Crippen molar-refractivity contribution < 1.29 is 14.3 Å². The predicted molar refractivity (Wildman–Crippen MR) is 115 cm³/mol. The van der Waals surface area contributed by atoms with Gasteiger partial charge in [-0.3, -0.25) is 9.59 Å². The Morgan fingerprint density at radius 3 is 2.21 bits per heavy atom. The Morgan fingerprint density at radius 2 is 1.66 bits per heavy atom. The Balaban J connectivity index is 1.46. The molecule has 2 N–H and O–H groups in total. The molecule has 0 saturated heterocycles. The molecule has 2 aromatic rings. The number of hydrogen-bond acceptors (Lipinski definition) is 3. The van der Waals surface area contributed by atoms with Gasteiger partial charge >= 0.3 is 0 Å². The van der Waals surface area contributed by atoms with E-state index >= 15 is 0 Å². The van der Waals surface area contributed by atoms with Gasteiger partial charge in [-0.25, -0.2) is 0 Å². The lowest BCUT2D eigenvalue weighted by molar-refractivity contribution is -0.117. The quantitative estimate of drug-likeness (QED) is 0.725. The van der Waals surface area contributed by atoms with Gasteiger partial charge < -0.3 is 15.4 Å². The summed E-state index contributed by atoms with van der Waals surface area (Å²) in [4.78, 5) is 24.2. The van der Waals surface area contributed by atoms with Gasteiger partial charge in [-0.2, -0.15) is 0 Å². The highest BCUT2D eigenvalue weighted by Gasteiger charge is 2.29. The van der Waals surface area contributed by atoms with E-state index in [1.54, 1.807) is 24.3 Å². The molecule has 0 radical (unpaired) electrons. The molecule has 1 saturated carbocycles. The monoisotopic (exact) mass is 394 g/mol. The minimum absolute atomic E-state index is 0.0588. The molecular formula is C24H30N2O3. The SMILES string of the molecule is CC(COc1ccc(C(C)(C)C)cc1)NC(=O)c1ccc(NC(=O)C2CC2)cc1. The van der Waals surface area contributed by atoms with E-state index in [0.717, 1.165) is 18.6 Å². The third-order valence-corrected chi connectivity index (χ3v) is 4.96. The fourth-order valence-corrected chi connectivity index (χ4v) is 2.92. The molecular weight excluding hydrogens is 364 g/mol. The summed E-state index contributed by atoms with van der Waals surface area (Å²) in [6, 6.07) is 14.9. The van der Waals surface area contributed by atoms with Crippen LogP contribution in [-0.2, 0) is 10.2 Å². The minimum atomic E-state index is -0.163. The lowest BCUT2D eigenvalue weighted by atomic mass is 9.87. The van der Waals surface area contributed by atoms with Crippen molar-refractivity contribution in [2.24, 2.45) is 5.92 Å². The van der Waals surface area contributed by atoms with Gasteiger partial charge in [0.25, 0.3) is 5.91 Å². The Hall–Kier alpha value is -2.82. The molecule has 0 aromatic heterocycles. The van der Waals surface area contributed by atoms with Gasteiger partial charge in [-0.05, 0) is 67.1 Å². The molecule has 1 aliphatic rings. The molecule has 0 bridgehead atoms. The molecule has 0 spiro atoms. The van der Waals surface area contributed by atoms with E-state index in [9.17, 15) is 9.59 Å². The van der Waals surface area contributed by atoms with E-state index in [4.69, 9.17) is 4.74 Å². The first kappa shape index (κ1) is 20.9. The van der Waals surface area contributed by atoms with Crippen LogP contribution in [0, 0.1) is 5.92 Å². The predicted octanol–water partition coefficient (Wildman–Crippen LogP) is 4.53. The second-order valence-corrected chi connectivity index (χ2v) is 8.80. The van der Waals surface area contributed by atoms with Crippen molar-refractivity contribution in [3.63, 3.8) is 0 Å². The molecule has 0 aliphatic heterocycles. The zero-order chi connectivity index (χ0) is 21.0. The second kappa shape index (κ2) is 8.68. The Morgan fingerprint density at radius 1 is 1.03 bits per heavy atom. The average Bonchev–Trinajstić information content (AvgIpc) is 3.52. The molecule has 5 nitrogen and oxygen atoms in total. The molecule has 2 aromatic carbocycles. The van der Waals surface area contributed by atoms with E-state index in [-0.39, 0.29) is 29.2 Å². The van der Waals surface area contributed by atoms with E-state index < -0.39 is 0 Å². The third kappa shape index (κ3) is 6.08. The Kier molecular flexibility index (Phi) is 6.26. The van der Waals surface area contributed by atoms with Gasteiger partial charge in [-0.15, -0.1) is 0 Å². The van der Waals surface area contributed by atoms with Gasteiger partial charge in [0.05, 0.1) is 6.04 Å². The molecule has 5 heteroatoms. The van der Waals surface area contributed by atoms with E-state index in [0.29, 0.717) is 17.9 Å². The van der Waals surface area contributed by atoms with E-state index in [2.05, 4.69) is 43.5 Å². The van der Waals surface area contributed by atoms with Crippen molar-refractivity contribution in [2.75, 3.05) is 11.9 Å². The summed E-state index contributed by atoms with van der Waals surface area (Å²) in [6.07, 6.45) is 1.93. The molecule has 0 heterocycles. The van der Waals surface area contributed by atoms with E-state index in [1.165, 1.54) is 5.56 Å². The van der Waals surface area contributed by atoms with Crippen molar-refractivity contribution in [1.82, 2.24) is 5.32 Å². The highest BCUT2D eigenvalue weighted by Crippen LogP contribution is 2.30. The molecule has 2 amide bonds. The zero-order valence-electron chi connectivity index (χ0n) is 17.6. The summed E-state index contributed by atoms with van der Waals surface area (Å²) in [6.45, 7) is 8.82. The van der Waals surface area contributed by atoms with Crippen LogP contribution in [0.5, 0.6) is 5.75 Å². The van der Waals surface area contributed by atoms with Gasteiger partial charge in [0.15, 0.2) is 0 Å². The number of carbonyl (C=O) groups is 2. The normalized spacial score (nSPS) is 14.8. The highest BCUT2D eigenvalue weighted by atomic mass is 16.5. The topological polar surface area (TPSA) is 67.4 Å². The number of anilines is 1. The van der Waals surface area contributed by atoms with Gasteiger partial charge in [-0.1, -0.05) is 32.9 Å². The lowest BCUT2D eigenvalue weighted by Crippen LogP contribution is -2.36. The van der Waals surface area contributed by atoms with Crippen molar-refractivity contribution in [2.45, 2.75) is 52.0 Å². The average molecular weight is 395 g/mol. The van der Waals surface area contributed by atoms with Crippen molar-refractivity contribution >= 4 is 17.5 Å². The van der Waals surface area contributed by atoms with Crippen molar-refractivity contribution in [3.05, 3.63) is 59.7 Å². The Bertz CT molecular complexity index is 847. The molecule has 1 unspecified atom stereocenters. The molecule has 1 aliphatic carbocycles. The fraction of sp³-hybridized carbons (Fsp3) is 0.417. The summed E-state index contributed by atoms with van der Waals surface area (Å²) in [5.41, 5.74) is 2.63. The summed E-state index contributed by atoms with van der Waals surface area (Å²) in [5.74, 6) is 0.839. The second-order valence-electron chi connectivity index (χ2n) is 8.80. The molecule has 154 valence electrons. The number of carbonyl (C=O) groups excluding carboxylic acids is 2. The van der Waals surface area contributed by atoms with Gasteiger partial charge in [0.2, 0.25) is 5.91 Å². The number of amides is 2. The maximum Gasteiger partial charge on any atom is 0.251 e. The standard InChI is InChI=1S/C24H30N2O3/c1-16(15-29-21-13-9-19(10-14-21)24(2,3)4)25-22(27)18-7-11-20(12-8-18)26-23(28)17-5-6-17/h7-14,16-17H,5-6,15H2,1-4H3,(H,25,27)(H,26,28). The number of hydrogen-bond donors (Lipinski definition) is 2. The van der Waals surface area contributed by atoms with Crippen LogP contribution in [-0.4, -0.2) is 24.5 Å². The largest absolute Gasteiger partial charge is 0.491 e. The summed E-state index contributed by atoms with van der Waals surface area (Å²) < 4.78 is 5.80.